The van der Waals surface area contributed by atoms with Gasteiger partial charge in [0.25, 0.3) is 0 Å². The van der Waals surface area contributed by atoms with Crippen molar-refractivity contribution in [1.82, 2.24) is 51.2 Å². The lowest BCUT2D eigenvalue weighted by molar-refractivity contribution is -0.00101. The van der Waals surface area contributed by atoms with Crippen molar-refractivity contribution in [2.24, 2.45) is 16.7 Å². The molecule has 27 nitrogen and oxygen atoms in total. The van der Waals surface area contributed by atoms with Crippen LogP contribution in [-0.4, -0.2) is 222 Å². The summed E-state index contributed by atoms with van der Waals surface area (Å²) in [7, 11) is -10.7. The quantitative estimate of drug-likeness (QED) is 0.0409. The molecule has 8 aromatic carbocycles. The largest absolute Gasteiger partial charge is 0.491 e. The third kappa shape index (κ3) is 27.1. The summed E-state index contributed by atoms with van der Waals surface area (Å²) < 4.78 is 130. The predicted octanol–water partition coefficient (Wildman–Crippen LogP) is 19.9. The molecule has 5 fully saturated rings. The van der Waals surface area contributed by atoms with E-state index in [9.17, 15) is 54.7 Å². The first-order valence-corrected chi connectivity index (χ1v) is 57.2. The monoisotopic (exact) mass is 2070 g/mol. The Hall–Kier alpha value is -10.2. The van der Waals surface area contributed by atoms with Crippen molar-refractivity contribution in [2.75, 3.05) is 136 Å². The number of likely N-dealkylation sites (tertiary alicyclic amines) is 4. The number of nitrogens with zero attached hydrogens (tertiary/aromatic N) is 14. The van der Waals surface area contributed by atoms with Crippen LogP contribution >= 0.6 is 46.4 Å². The molecule has 0 amide bonds. The number of nitrogens with one attached hydrogen (secondary N) is 1. The highest BCUT2D eigenvalue weighted by molar-refractivity contribution is 7.90. The molecule has 0 atom stereocenters. The van der Waals surface area contributed by atoms with E-state index in [1.165, 1.54) is 51.6 Å². The van der Waals surface area contributed by atoms with Crippen LogP contribution in [0.15, 0.2) is 170 Å². The normalized spacial score (nSPS) is 16.4. The molecule has 0 saturated carbocycles. The van der Waals surface area contributed by atoms with Crippen LogP contribution in [0.5, 0.6) is 23.0 Å². The SMILES string of the molecule is CCCOc1c(Cl)cc(-n2ccc3cc(CN4CCC(C)(CS(C)(=O)=O)CC4)ccc32)cc1C#N.CCCOc1c(Cl)cc(-n2ccc3cc(CN4CCC(CNS(C)(=O)=O)CC4)ccc32)cc1C#N.CCCOc1c(Cl)cc(-n2ccc3cc(CN4CCC(N(C)S(C)(=O)=O)CC4)ccc32)cc1C#N.CCCOc1c(Cl)cc(-n2ccc3cc(CN4CCC5(CC4)CN(S(C)(=O)=O)C5)ccc32)cc1C#N. The van der Waals surface area contributed by atoms with E-state index in [1.807, 2.05) is 119 Å². The molecule has 17 rings (SSSR count). The minimum atomic E-state index is -3.16. The zero-order valence-electron chi connectivity index (χ0n) is 81.8. The minimum Gasteiger partial charge on any atom is -0.491 e. The van der Waals surface area contributed by atoms with Crippen molar-refractivity contribution in [2.45, 2.75) is 144 Å². The third-order valence-electron chi connectivity index (χ3n) is 27.2. The second-order valence-electron chi connectivity index (χ2n) is 38.5. The van der Waals surface area contributed by atoms with Crippen LogP contribution in [0.4, 0.5) is 0 Å². The standard InChI is InChI=1S/C27H31ClN4O3S.C27H32ClN3O3S.2C26H31ClN4O3S/c1-3-12-35-26-22(16-29)14-23(15-24(26)28)32-9-6-21-13-20(4-5-25(21)32)17-30-10-7-27(8-11-30)18-31(19-27)36(2,33)34;1-4-13-34-26-22(17-29)15-23(16-24(26)28)31-10-7-21-14-20(5-6-25(21)31)18-30-11-8-27(2,9-12-30)19-35(3,32)33;1-4-13-34-26-21(17-28)15-23(16-24(26)27)31-12-7-20-14-19(5-6-25(20)31)18-30-10-8-22(9-11-30)29(2)35(3,32)33;1-3-12-34-26-22(16-28)14-23(15-24(26)27)31-11-8-21-13-20(4-5-25(21)31)18-30-9-6-19(7-10-30)17-29-35(2,32)33/h4-6,9,13-15H,3,7-8,10-12,17-19H2,1-2H3;5-7,10,14-16H,4,8-9,11-13,18-19H2,1-3H3;5-7,12,14-16,22H,4,8-11,13,18H2,1-3H3;4-5,8,11,13-15,19,29H,3,6-7,9-10,12,17-18H2,1-2H3. The van der Waals surface area contributed by atoms with E-state index in [4.69, 9.17) is 65.4 Å². The summed E-state index contributed by atoms with van der Waals surface area (Å²) in [6.45, 7) is 24.8. The van der Waals surface area contributed by atoms with Gasteiger partial charge in [-0.15, -0.1) is 0 Å². The van der Waals surface area contributed by atoms with Crippen molar-refractivity contribution in [3.63, 3.8) is 0 Å². The van der Waals surface area contributed by atoms with Crippen molar-refractivity contribution in [3.8, 4) is 70.0 Å². The number of benzene rings is 8. The fourth-order valence-corrected chi connectivity index (χ4v) is 24.4. The summed E-state index contributed by atoms with van der Waals surface area (Å²) in [6, 6.07) is 57.6. The lowest BCUT2D eigenvalue weighted by Gasteiger charge is -2.52. The van der Waals surface area contributed by atoms with Crippen LogP contribution in [0.3, 0.4) is 0 Å². The van der Waals surface area contributed by atoms with Crippen molar-refractivity contribution in [3.05, 3.63) is 235 Å². The smallest absolute Gasteiger partial charge is 0.211 e. The zero-order chi connectivity index (χ0) is 101. The molecule has 9 heterocycles. The Morgan fingerprint density at radius 1 is 0.404 bits per heavy atom. The lowest BCUT2D eigenvalue weighted by Crippen LogP contribution is -2.61. The van der Waals surface area contributed by atoms with Crippen LogP contribution in [0.1, 0.15) is 156 Å². The molecule has 0 bridgehead atoms. The van der Waals surface area contributed by atoms with Gasteiger partial charge in [0.1, 0.15) is 34.1 Å². The van der Waals surface area contributed by atoms with Gasteiger partial charge in [0.05, 0.1) is 115 Å². The second kappa shape index (κ2) is 46.6. The number of piperidine rings is 4. The Kier molecular flexibility index (Phi) is 35.2. The van der Waals surface area contributed by atoms with E-state index in [1.54, 1.807) is 11.4 Å². The topological polar surface area (TPSA) is 320 Å². The van der Waals surface area contributed by atoms with Gasteiger partial charge in [0.15, 0.2) is 23.0 Å². The first-order chi connectivity index (χ1) is 67.3. The van der Waals surface area contributed by atoms with Crippen molar-refractivity contribution in [1.29, 1.82) is 21.0 Å². The molecule has 5 saturated heterocycles. The maximum Gasteiger partial charge on any atom is 0.211 e. The molecule has 1 spiro atoms. The number of sulfone groups is 1. The van der Waals surface area contributed by atoms with Gasteiger partial charge >= 0.3 is 0 Å². The highest BCUT2D eigenvalue weighted by atomic mass is 35.5. The van der Waals surface area contributed by atoms with Gasteiger partial charge < -0.3 is 37.2 Å². The number of halogens is 4. The Bertz CT molecular complexity index is 7180. The molecular formula is C106H125Cl4N15O12S4. The number of rotatable bonds is 32. The highest BCUT2D eigenvalue weighted by Gasteiger charge is 2.48. The summed E-state index contributed by atoms with van der Waals surface area (Å²) in [5, 5.41) is 44.7. The van der Waals surface area contributed by atoms with E-state index in [-0.39, 0.29) is 22.6 Å². The Labute approximate surface area is 850 Å². The number of hydrogen-bond acceptors (Lipinski definition) is 20. The molecule has 0 aliphatic carbocycles. The molecule has 5 aliphatic rings. The first-order valence-electron chi connectivity index (χ1n) is 48.1. The van der Waals surface area contributed by atoms with Gasteiger partial charge in [-0.25, -0.2) is 47.0 Å². The molecule has 0 unspecified atom stereocenters. The van der Waals surface area contributed by atoms with E-state index >= 15 is 0 Å². The first kappa shape index (κ1) is 107. The molecule has 4 aromatic heterocycles. The maximum absolute atomic E-state index is 11.8. The molecule has 0 radical (unpaired) electrons. The number of nitriles is 4. The van der Waals surface area contributed by atoms with E-state index in [0.29, 0.717) is 117 Å². The van der Waals surface area contributed by atoms with Gasteiger partial charge in [-0.05, 0) is 271 Å². The molecule has 35 heteroatoms. The summed E-state index contributed by atoms with van der Waals surface area (Å²) in [6.07, 6.45) is 23.9. The number of aromatic nitrogens is 4. The number of sulfonamides is 3. The van der Waals surface area contributed by atoms with Gasteiger partial charge in [0, 0.05) is 153 Å². The average molecular weight is 2070 g/mol. The summed E-state index contributed by atoms with van der Waals surface area (Å²) >= 11 is 25.9. The van der Waals surface area contributed by atoms with E-state index in [2.05, 4.69) is 153 Å². The number of ether oxygens (including phenoxy) is 4. The maximum atomic E-state index is 11.8. The Morgan fingerprint density at radius 3 is 0.965 bits per heavy atom. The summed E-state index contributed by atoms with van der Waals surface area (Å²) in [5.74, 6) is 2.41. The Balaban J connectivity index is 0.000000150. The molecule has 5 aliphatic heterocycles. The fourth-order valence-electron chi connectivity index (χ4n) is 19.5. The molecule has 748 valence electrons. The molecule has 1 N–H and O–H groups in total. The van der Waals surface area contributed by atoms with Crippen molar-refractivity contribution >= 4 is 130 Å². The second-order valence-corrected chi connectivity index (χ2v) is 48.1. The Morgan fingerprint density at radius 2 is 0.695 bits per heavy atom. The molecular weight excluding hydrogens is 1950 g/mol. The van der Waals surface area contributed by atoms with Gasteiger partial charge in [-0.2, -0.15) is 21.0 Å². The third-order valence-corrected chi connectivity index (χ3v) is 32.7. The lowest BCUT2D eigenvalue weighted by atomic mass is 9.73. The average Bonchev–Trinajstić information content (AvgIpc) is 1.65. The van der Waals surface area contributed by atoms with Crippen LogP contribution in [0, 0.1) is 62.1 Å². The van der Waals surface area contributed by atoms with Gasteiger partial charge in [-0.1, -0.05) is 105 Å². The zero-order valence-corrected chi connectivity index (χ0v) is 88.0. The van der Waals surface area contributed by atoms with Crippen LogP contribution < -0.4 is 23.7 Å². The molecule has 12 aromatic rings. The van der Waals surface area contributed by atoms with E-state index in [0.717, 1.165) is 222 Å². The van der Waals surface area contributed by atoms with Crippen LogP contribution in [0.25, 0.3) is 66.4 Å². The highest BCUT2D eigenvalue weighted by Crippen LogP contribution is 2.44. The molecule has 141 heavy (non-hydrogen) atoms. The number of fused-ring (bicyclic) bond motifs is 4. The van der Waals surface area contributed by atoms with Crippen LogP contribution in [0.2, 0.25) is 20.1 Å². The minimum absolute atomic E-state index is 0.0710. The van der Waals surface area contributed by atoms with Crippen molar-refractivity contribution < 1.29 is 52.6 Å². The number of hydrogen-bond donors (Lipinski definition) is 1. The summed E-state index contributed by atoms with van der Waals surface area (Å²) in [5.41, 5.74) is 14.1. The van der Waals surface area contributed by atoms with Gasteiger partial charge in [0.2, 0.25) is 30.1 Å². The van der Waals surface area contributed by atoms with Crippen LogP contribution in [-0.2, 0) is 66.1 Å². The fraction of sp³-hybridized carbons (Fsp3) is 0.434. The summed E-state index contributed by atoms with van der Waals surface area (Å²) in [4.78, 5) is 9.65. The van der Waals surface area contributed by atoms with E-state index < -0.39 is 39.9 Å². The predicted molar refractivity (Wildman–Crippen MR) is 563 cm³/mol. The van der Waals surface area contributed by atoms with Gasteiger partial charge in [-0.3, -0.25) is 19.6 Å².